The summed E-state index contributed by atoms with van der Waals surface area (Å²) >= 11 is 0. The van der Waals surface area contributed by atoms with Crippen molar-refractivity contribution >= 4 is 27.3 Å². The molecule has 7 heteroatoms. The Morgan fingerprint density at radius 1 is 1.07 bits per heavy atom. The lowest BCUT2D eigenvalue weighted by atomic mass is 10.2. The van der Waals surface area contributed by atoms with Gasteiger partial charge in [-0.2, -0.15) is 0 Å². The standard InChI is InChI=1S/C21H24N2O4S/c1-4-6-7-8-21(24)22-18-10-9-16(3)20(15-18)28(25,26)23-17-11-13-19(14-12-17)27-5-2/h4,6-15,23H,5H2,1-3H3,(H,22,24)/b6-4+,8-7+. The molecule has 0 bridgehead atoms. The van der Waals surface area contributed by atoms with Crippen LogP contribution in [0.5, 0.6) is 5.75 Å². The van der Waals surface area contributed by atoms with Crippen LogP contribution < -0.4 is 14.8 Å². The smallest absolute Gasteiger partial charge is 0.262 e. The van der Waals surface area contributed by atoms with Gasteiger partial charge in [0.2, 0.25) is 5.91 Å². The van der Waals surface area contributed by atoms with Crippen molar-refractivity contribution in [1.29, 1.82) is 0 Å². The van der Waals surface area contributed by atoms with Crippen LogP contribution in [0.4, 0.5) is 11.4 Å². The second-order valence-electron chi connectivity index (χ2n) is 5.92. The number of hydrogen-bond donors (Lipinski definition) is 2. The molecule has 0 aliphatic heterocycles. The highest BCUT2D eigenvalue weighted by Crippen LogP contribution is 2.24. The highest BCUT2D eigenvalue weighted by Gasteiger charge is 2.18. The fourth-order valence-electron chi connectivity index (χ4n) is 2.40. The van der Waals surface area contributed by atoms with Crippen molar-refractivity contribution in [2.75, 3.05) is 16.6 Å². The second kappa shape index (κ2) is 9.75. The number of benzene rings is 2. The summed E-state index contributed by atoms with van der Waals surface area (Å²) in [4.78, 5) is 12.0. The first-order chi connectivity index (χ1) is 13.4. The predicted octanol–water partition coefficient (Wildman–Crippen LogP) is 4.27. The van der Waals surface area contributed by atoms with Gasteiger partial charge in [0, 0.05) is 17.5 Å². The predicted molar refractivity (Wildman–Crippen MR) is 112 cm³/mol. The number of sulfonamides is 1. The van der Waals surface area contributed by atoms with Crippen LogP contribution in [0, 0.1) is 6.92 Å². The molecule has 0 aliphatic rings. The van der Waals surface area contributed by atoms with Crippen molar-refractivity contribution in [3.63, 3.8) is 0 Å². The molecule has 0 spiro atoms. The number of amides is 1. The summed E-state index contributed by atoms with van der Waals surface area (Å²) in [6.07, 6.45) is 6.50. The van der Waals surface area contributed by atoms with E-state index in [0.717, 1.165) is 0 Å². The molecule has 0 atom stereocenters. The highest BCUT2D eigenvalue weighted by molar-refractivity contribution is 7.92. The van der Waals surface area contributed by atoms with E-state index >= 15 is 0 Å². The summed E-state index contributed by atoms with van der Waals surface area (Å²) in [7, 11) is -3.82. The average Bonchev–Trinajstić information content (AvgIpc) is 2.65. The van der Waals surface area contributed by atoms with E-state index in [0.29, 0.717) is 29.3 Å². The maximum absolute atomic E-state index is 12.8. The lowest BCUT2D eigenvalue weighted by molar-refractivity contribution is -0.111. The molecule has 28 heavy (non-hydrogen) atoms. The first-order valence-corrected chi connectivity index (χ1v) is 10.3. The highest BCUT2D eigenvalue weighted by atomic mass is 32.2. The van der Waals surface area contributed by atoms with Gasteiger partial charge in [0.15, 0.2) is 0 Å². The molecule has 0 heterocycles. The van der Waals surface area contributed by atoms with Crippen molar-refractivity contribution in [3.8, 4) is 5.75 Å². The van der Waals surface area contributed by atoms with Crippen molar-refractivity contribution in [2.45, 2.75) is 25.7 Å². The quantitative estimate of drug-likeness (QED) is 0.512. The number of anilines is 2. The van der Waals surface area contributed by atoms with Crippen LogP contribution in [0.1, 0.15) is 19.4 Å². The Morgan fingerprint density at radius 2 is 1.75 bits per heavy atom. The van der Waals surface area contributed by atoms with Gasteiger partial charge in [-0.15, -0.1) is 0 Å². The zero-order valence-electron chi connectivity index (χ0n) is 16.1. The van der Waals surface area contributed by atoms with Crippen molar-refractivity contribution in [2.24, 2.45) is 0 Å². The number of aryl methyl sites for hydroxylation is 1. The Balaban J connectivity index is 2.21. The van der Waals surface area contributed by atoms with Crippen LogP contribution in [0.3, 0.4) is 0 Å². The number of carbonyl (C=O) groups excluding carboxylic acids is 1. The summed E-state index contributed by atoms with van der Waals surface area (Å²) in [6.45, 7) is 5.95. The molecule has 1 amide bonds. The fourth-order valence-corrected chi connectivity index (χ4v) is 3.73. The SMILES string of the molecule is C/C=C/C=C/C(=O)Nc1ccc(C)c(S(=O)(=O)Nc2ccc(OCC)cc2)c1. The minimum atomic E-state index is -3.82. The molecule has 148 valence electrons. The Hall–Kier alpha value is -3.06. The van der Waals surface area contributed by atoms with Gasteiger partial charge < -0.3 is 10.1 Å². The molecular formula is C21H24N2O4S. The molecule has 2 aromatic carbocycles. The van der Waals surface area contributed by atoms with Crippen LogP contribution in [-0.2, 0) is 14.8 Å². The molecule has 0 aromatic heterocycles. The van der Waals surface area contributed by atoms with E-state index in [4.69, 9.17) is 4.74 Å². The number of nitrogens with one attached hydrogen (secondary N) is 2. The number of carbonyl (C=O) groups is 1. The van der Waals surface area contributed by atoms with E-state index < -0.39 is 10.0 Å². The summed E-state index contributed by atoms with van der Waals surface area (Å²) < 4.78 is 33.5. The molecular weight excluding hydrogens is 376 g/mol. The van der Waals surface area contributed by atoms with E-state index in [-0.39, 0.29) is 10.8 Å². The Morgan fingerprint density at radius 3 is 2.39 bits per heavy atom. The van der Waals surface area contributed by atoms with Gasteiger partial charge in [-0.1, -0.05) is 24.3 Å². The van der Waals surface area contributed by atoms with E-state index in [1.165, 1.54) is 12.1 Å². The molecule has 6 nitrogen and oxygen atoms in total. The molecule has 0 aliphatic carbocycles. The summed E-state index contributed by atoms with van der Waals surface area (Å²) in [5, 5.41) is 2.66. The fraction of sp³-hybridized carbons (Fsp3) is 0.190. The van der Waals surface area contributed by atoms with Gasteiger partial charge in [0.1, 0.15) is 5.75 Å². The third-order valence-corrected chi connectivity index (χ3v) is 5.24. The van der Waals surface area contributed by atoms with Crippen LogP contribution in [0.25, 0.3) is 0 Å². The monoisotopic (exact) mass is 400 g/mol. The van der Waals surface area contributed by atoms with Gasteiger partial charge >= 0.3 is 0 Å². The first-order valence-electron chi connectivity index (χ1n) is 8.82. The minimum absolute atomic E-state index is 0.0941. The van der Waals surface area contributed by atoms with Gasteiger partial charge in [-0.25, -0.2) is 8.42 Å². The van der Waals surface area contributed by atoms with Crippen LogP contribution in [0.2, 0.25) is 0 Å². The minimum Gasteiger partial charge on any atom is -0.494 e. The maximum Gasteiger partial charge on any atom is 0.262 e. The molecule has 2 N–H and O–H groups in total. The second-order valence-corrected chi connectivity index (χ2v) is 7.57. The first kappa shape index (κ1) is 21.2. The third-order valence-electron chi connectivity index (χ3n) is 3.71. The molecule has 0 fully saturated rings. The number of rotatable bonds is 8. The Bertz CT molecular complexity index is 978. The zero-order valence-corrected chi connectivity index (χ0v) is 16.9. The average molecular weight is 401 g/mol. The van der Waals surface area contributed by atoms with Crippen molar-refractivity contribution in [1.82, 2.24) is 0 Å². The lowest BCUT2D eigenvalue weighted by Gasteiger charge is -2.13. The topological polar surface area (TPSA) is 84.5 Å². The maximum atomic E-state index is 12.8. The molecule has 0 saturated heterocycles. The Labute approximate surface area is 166 Å². The van der Waals surface area contributed by atoms with Gasteiger partial charge in [-0.3, -0.25) is 9.52 Å². The molecule has 2 rings (SSSR count). The number of ether oxygens (including phenoxy) is 1. The van der Waals surface area contributed by atoms with Gasteiger partial charge in [0.25, 0.3) is 10.0 Å². The summed E-state index contributed by atoms with van der Waals surface area (Å²) in [5.74, 6) is 0.321. The Kier molecular flexibility index (Phi) is 7.40. The molecule has 2 aromatic rings. The number of hydrogen-bond acceptors (Lipinski definition) is 4. The summed E-state index contributed by atoms with van der Waals surface area (Å²) in [6, 6.07) is 11.4. The van der Waals surface area contributed by atoms with E-state index in [2.05, 4.69) is 10.0 Å². The van der Waals surface area contributed by atoms with Gasteiger partial charge in [0.05, 0.1) is 11.5 Å². The van der Waals surface area contributed by atoms with Crippen molar-refractivity contribution in [3.05, 3.63) is 72.3 Å². The third kappa shape index (κ3) is 5.99. The normalized spacial score (nSPS) is 11.7. The number of allylic oxidation sites excluding steroid dienone is 3. The van der Waals surface area contributed by atoms with Gasteiger partial charge in [-0.05, 0) is 62.7 Å². The lowest BCUT2D eigenvalue weighted by Crippen LogP contribution is -2.15. The van der Waals surface area contributed by atoms with E-state index in [1.807, 2.05) is 13.8 Å². The summed E-state index contributed by atoms with van der Waals surface area (Å²) in [5.41, 5.74) is 1.39. The van der Waals surface area contributed by atoms with Crippen molar-refractivity contribution < 1.29 is 17.9 Å². The van der Waals surface area contributed by atoms with Crippen LogP contribution >= 0.6 is 0 Å². The van der Waals surface area contributed by atoms with E-state index in [9.17, 15) is 13.2 Å². The largest absolute Gasteiger partial charge is 0.494 e. The molecule has 0 radical (unpaired) electrons. The molecule has 0 saturated carbocycles. The molecule has 0 unspecified atom stereocenters. The van der Waals surface area contributed by atoms with E-state index in [1.54, 1.807) is 61.5 Å². The zero-order chi connectivity index (χ0) is 20.6. The van der Waals surface area contributed by atoms with Crippen LogP contribution in [-0.4, -0.2) is 20.9 Å². The van der Waals surface area contributed by atoms with Crippen LogP contribution in [0.15, 0.2) is 71.7 Å².